The molecule has 1 fully saturated rings. The molecule has 8 nitrogen and oxygen atoms in total. The van der Waals surface area contributed by atoms with Crippen LogP contribution in [0.3, 0.4) is 0 Å². The summed E-state index contributed by atoms with van der Waals surface area (Å²) in [6.45, 7) is 2.60. The van der Waals surface area contributed by atoms with Crippen LogP contribution in [0.4, 0.5) is 24.7 Å². The number of carboxylic acid groups (broad SMARTS) is 1. The molecule has 0 unspecified atom stereocenters. The molecule has 0 atom stereocenters. The predicted molar refractivity (Wildman–Crippen MR) is 106 cm³/mol. The van der Waals surface area contributed by atoms with Crippen molar-refractivity contribution < 1.29 is 32.7 Å². The highest BCUT2D eigenvalue weighted by molar-refractivity contribution is 7.14. The first kappa shape index (κ1) is 22.7. The number of anilines is 2. The molecule has 31 heavy (non-hydrogen) atoms. The smallest absolute Gasteiger partial charge is 0.475 e. The van der Waals surface area contributed by atoms with Gasteiger partial charge < -0.3 is 10.4 Å². The van der Waals surface area contributed by atoms with Crippen molar-refractivity contribution in [2.45, 2.75) is 38.8 Å². The quantitative estimate of drug-likeness (QED) is 0.732. The van der Waals surface area contributed by atoms with Crippen molar-refractivity contribution in [2.24, 2.45) is 5.92 Å². The number of aliphatic carboxylic acids is 1. The minimum absolute atomic E-state index is 0.161. The van der Waals surface area contributed by atoms with Crippen LogP contribution >= 0.6 is 11.3 Å². The molecule has 1 aliphatic carbocycles. The summed E-state index contributed by atoms with van der Waals surface area (Å²) in [6, 6.07) is 3.66. The van der Waals surface area contributed by atoms with E-state index in [2.05, 4.69) is 15.3 Å². The Kier molecular flexibility index (Phi) is 6.58. The molecule has 3 heterocycles. The number of hydrogen-bond acceptors (Lipinski definition) is 6. The third-order valence-corrected chi connectivity index (χ3v) is 5.62. The number of pyridine rings is 1. The molecule has 4 rings (SSSR count). The average molecular weight is 456 g/mol. The van der Waals surface area contributed by atoms with E-state index in [0.29, 0.717) is 23.1 Å². The molecule has 12 heteroatoms. The van der Waals surface area contributed by atoms with Crippen molar-refractivity contribution in [1.29, 1.82) is 0 Å². The number of nitrogens with zero attached hydrogens (tertiary/aromatic N) is 3. The van der Waals surface area contributed by atoms with Crippen molar-refractivity contribution >= 4 is 40.6 Å². The van der Waals surface area contributed by atoms with Gasteiger partial charge in [-0.3, -0.25) is 19.5 Å². The first-order valence-electron chi connectivity index (χ1n) is 9.41. The minimum atomic E-state index is -5.08. The molecule has 1 saturated carbocycles. The Morgan fingerprint density at radius 3 is 2.48 bits per heavy atom. The lowest BCUT2D eigenvalue weighted by molar-refractivity contribution is -0.192. The second-order valence-electron chi connectivity index (χ2n) is 7.08. The number of rotatable bonds is 3. The maximum absolute atomic E-state index is 12.4. The van der Waals surface area contributed by atoms with E-state index in [4.69, 9.17) is 9.90 Å². The van der Waals surface area contributed by atoms with Crippen LogP contribution in [-0.4, -0.2) is 45.6 Å². The summed E-state index contributed by atoms with van der Waals surface area (Å²) in [5.41, 5.74) is 1.54. The molecule has 0 saturated heterocycles. The largest absolute Gasteiger partial charge is 0.490 e. The van der Waals surface area contributed by atoms with E-state index >= 15 is 0 Å². The molecule has 2 aliphatic rings. The molecule has 0 radical (unpaired) electrons. The lowest BCUT2D eigenvalue weighted by Gasteiger charge is -2.25. The number of carbonyl (C=O) groups is 3. The molecule has 2 aromatic rings. The third-order valence-electron chi connectivity index (χ3n) is 4.52. The Labute approximate surface area is 179 Å². The Hall–Kier alpha value is -3.02. The molecule has 2 amide bonds. The van der Waals surface area contributed by atoms with Gasteiger partial charge in [0.1, 0.15) is 5.82 Å². The number of thiazole rings is 1. The number of aromatic nitrogens is 2. The number of amides is 2. The maximum Gasteiger partial charge on any atom is 0.490 e. The number of fused-ring (bicyclic) bond motifs is 1. The zero-order chi connectivity index (χ0) is 22.8. The van der Waals surface area contributed by atoms with Crippen LogP contribution in [-0.2, 0) is 16.0 Å². The van der Waals surface area contributed by atoms with Crippen molar-refractivity contribution in [2.75, 3.05) is 16.8 Å². The van der Waals surface area contributed by atoms with Crippen LogP contribution in [0.1, 0.15) is 39.6 Å². The highest BCUT2D eigenvalue weighted by atomic mass is 32.1. The number of alkyl halides is 3. The lowest BCUT2D eigenvalue weighted by Crippen LogP contribution is -2.36. The van der Waals surface area contributed by atoms with E-state index in [1.54, 1.807) is 11.1 Å². The Balaban J connectivity index is 0.000000339. The average Bonchev–Trinajstić information content (AvgIpc) is 3.46. The van der Waals surface area contributed by atoms with Gasteiger partial charge in [0, 0.05) is 23.0 Å². The molecule has 166 valence electrons. The van der Waals surface area contributed by atoms with Crippen LogP contribution in [0, 0.1) is 12.8 Å². The monoisotopic (exact) mass is 456 g/mol. The van der Waals surface area contributed by atoms with Crippen LogP contribution < -0.4 is 10.2 Å². The number of nitrogens with one attached hydrogen (secondary N) is 1. The first-order chi connectivity index (χ1) is 14.6. The van der Waals surface area contributed by atoms with E-state index < -0.39 is 12.1 Å². The fraction of sp³-hybridized carbons (Fsp3) is 0.421. The van der Waals surface area contributed by atoms with E-state index in [9.17, 15) is 22.8 Å². The van der Waals surface area contributed by atoms with Gasteiger partial charge in [-0.2, -0.15) is 13.2 Å². The summed E-state index contributed by atoms with van der Waals surface area (Å²) < 4.78 is 31.7. The van der Waals surface area contributed by atoms with Gasteiger partial charge in [-0.05, 0) is 44.7 Å². The summed E-state index contributed by atoms with van der Waals surface area (Å²) in [4.78, 5) is 45.2. The summed E-state index contributed by atoms with van der Waals surface area (Å²) >= 11 is 1.38. The van der Waals surface area contributed by atoms with Gasteiger partial charge >= 0.3 is 12.1 Å². The Bertz CT molecular complexity index is 987. The van der Waals surface area contributed by atoms with Gasteiger partial charge in [0.05, 0.1) is 11.9 Å². The molecular formula is C19H19F3N4O4S. The van der Waals surface area contributed by atoms with E-state index in [1.807, 2.05) is 19.1 Å². The summed E-state index contributed by atoms with van der Waals surface area (Å²) in [7, 11) is 0. The highest BCUT2D eigenvalue weighted by Gasteiger charge is 2.38. The predicted octanol–water partition coefficient (Wildman–Crippen LogP) is 3.42. The highest BCUT2D eigenvalue weighted by Crippen LogP contribution is 2.37. The van der Waals surface area contributed by atoms with Gasteiger partial charge in [0.25, 0.3) is 5.91 Å². The Morgan fingerprint density at radius 2 is 1.94 bits per heavy atom. The van der Waals surface area contributed by atoms with Gasteiger partial charge in [0.2, 0.25) is 5.91 Å². The number of carboxylic acids is 1. The number of halogens is 3. The molecule has 2 N–H and O–H groups in total. The molecule has 1 aliphatic heterocycles. The molecular weight excluding hydrogens is 437 g/mol. The zero-order valence-electron chi connectivity index (χ0n) is 16.4. The second-order valence-corrected chi connectivity index (χ2v) is 8.16. The van der Waals surface area contributed by atoms with E-state index in [0.717, 1.165) is 36.3 Å². The molecule has 0 bridgehead atoms. The number of hydrogen-bond donors (Lipinski definition) is 2. The number of aryl methyl sites for hydroxylation is 2. The minimum Gasteiger partial charge on any atom is -0.475 e. The van der Waals surface area contributed by atoms with Gasteiger partial charge in [-0.15, -0.1) is 11.3 Å². The van der Waals surface area contributed by atoms with Crippen molar-refractivity contribution in [1.82, 2.24) is 9.97 Å². The molecule has 0 spiro atoms. The topological polar surface area (TPSA) is 112 Å². The lowest BCUT2D eigenvalue weighted by atomic mass is 10.1. The van der Waals surface area contributed by atoms with Crippen LogP contribution in [0.2, 0.25) is 0 Å². The van der Waals surface area contributed by atoms with E-state index in [1.165, 1.54) is 11.3 Å². The molecule has 2 aromatic heterocycles. The normalized spacial score (nSPS) is 15.4. The summed E-state index contributed by atoms with van der Waals surface area (Å²) in [5.74, 6) is -1.99. The van der Waals surface area contributed by atoms with Crippen LogP contribution in [0.15, 0.2) is 18.3 Å². The first-order valence-corrected chi connectivity index (χ1v) is 10.2. The van der Waals surface area contributed by atoms with Gasteiger partial charge in [0.15, 0.2) is 5.01 Å². The molecule has 0 aromatic carbocycles. The fourth-order valence-corrected chi connectivity index (χ4v) is 3.81. The third kappa shape index (κ3) is 5.78. The Morgan fingerprint density at radius 1 is 1.26 bits per heavy atom. The van der Waals surface area contributed by atoms with Crippen molar-refractivity contribution in [3.63, 3.8) is 0 Å². The number of carbonyl (C=O) groups excluding carboxylic acids is 2. The van der Waals surface area contributed by atoms with E-state index in [-0.39, 0.29) is 17.7 Å². The zero-order valence-corrected chi connectivity index (χ0v) is 17.2. The van der Waals surface area contributed by atoms with Crippen LogP contribution in [0.5, 0.6) is 0 Å². The standard InChI is InChI=1S/C17H18N4O2S.C2HF3O2/c1-10-4-7-12(9-18-10)19-15(22)16-20-14-13(24-16)3-2-8-21(14)17(23)11-5-6-11;3-2(4,5)1(6)7/h4,7,9,11H,2-3,5-6,8H2,1H3,(H,19,22);(H,6,7). The summed E-state index contributed by atoms with van der Waals surface area (Å²) in [5, 5.41) is 10.3. The summed E-state index contributed by atoms with van der Waals surface area (Å²) in [6.07, 6.45) is 0.298. The maximum atomic E-state index is 12.4. The van der Waals surface area contributed by atoms with Gasteiger partial charge in [-0.25, -0.2) is 9.78 Å². The van der Waals surface area contributed by atoms with Crippen molar-refractivity contribution in [3.05, 3.63) is 33.9 Å². The van der Waals surface area contributed by atoms with Crippen molar-refractivity contribution in [3.8, 4) is 0 Å². The van der Waals surface area contributed by atoms with Gasteiger partial charge in [-0.1, -0.05) is 0 Å². The fourth-order valence-electron chi connectivity index (χ4n) is 2.81. The second kappa shape index (κ2) is 9.00. The van der Waals surface area contributed by atoms with Crippen LogP contribution in [0.25, 0.3) is 0 Å². The SMILES string of the molecule is Cc1ccc(NC(=O)c2nc3c(s2)CCCN3C(=O)C2CC2)cn1.O=C(O)C(F)(F)F.